The summed E-state index contributed by atoms with van der Waals surface area (Å²) in [4.78, 5) is 10.4. The lowest BCUT2D eigenvalue weighted by Crippen LogP contribution is -2.24. The molecular formula is C14H17F3O6. The molecule has 1 N–H and O–H groups in total. The summed E-state index contributed by atoms with van der Waals surface area (Å²) in [6.45, 7) is -0.587. The van der Waals surface area contributed by atoms with E-state index in [-0.39, 0.29) is 22.8 Å². The molecule has 0 unspecified atom stereocenters. The maximum Gasteiger partial charge on any atom is 0.418 e. The second-order valence-electron chi connectivity index (χ2n) is 4.39. The highest BCUT2D eigenvalue weighted by molar-refractivity contribution is 5.66. The molecule has 0 saturated carbocycles. The van der Waals surface area contributed by atoms with Crippen LogP contribution in [0, 0.1) is 0 Å². The average molecular weight is 338 g/mol. The predicted octanol–water partition coefficient (Wildman–Crippen LogP) is 2.81. The van der Waals surface area contributed by atoms with Gasteiger partial charge >= 0.3 is 12.1 Å². The third kappa shape index (κ3) is 4.92. The van der Waals surface area contributed by atoms with Gasteiger partial charge < -0.3 is 24.1 Å². The predicted molar refractivity (Wildman–Crippen MR) is 73.1 cm³/mol. The Bertz CT molecular complexity index is 519. The molecule has 0 fully saturated rings. The van der Waals surface area contributed by atoms with Crippen LogP contribution < -0.4 is 14.2 Å². The summed E-state index contributed by atoms with van der Waals surface area (Å²) in [6, 6.07) is 2.22. The molecule has 23 heavy (non-hydrogen) atoms. The molecular weight excluding hydrogens is 321 g/mol. The number of carboxylic acid groups (broad SMARTS) is 1. The first-order valence-electron chi connectivity index (χ1n) is 6.44. The summed E-state index contributed by atoms with van der Waals surface area (Å²) in [5, 5.41) is 8.51. The molecule has 9 heteroatoms. The fourth-order valence-corrected chi connectivity index (χ4v) is 1.90. The van der Waals surface area contributed by atoms with Crippen molar-refractivity contribution in [1.82, 2.24) is 0 Å². The molecule has 0 amide bonds. The van der Waals surface area contributed by atoms with Gasteiger partial charge in [-0.05, 0) is 17.7 Å². The number of carbonyl (C=O) groups is 1. The van der Waals surface area contributed by atoms with Crippen LogP contribution in [0.15, 0.2) is 12.1 Å². The van der Waals surface area contributed by atoms with Crippen LogP contribution in [-0.2, 0) is 9.53 Å². The van der Waals surface area contributed by atoms with E-state index in [1.165, 1.54) is 21.3 Å². The van der Waals surface area contributed by atoms with Gasteiger partial charge in [-0.15, -0.1) is 0 Å². The maximum absolute atomic E-state index is 13.2. The lowest BCUT2D eigenvalue weighted by molar-refractivity contribution is -0.224. The van der Waals surface area contributed by atoms with Gasteiger partial charge in [0.05, 0.1) is 34.4 Å². The van der Waals surface area contributed by atoms with Crippen LogP contribution in [-0.4, -0.2) is 45.2 Å². The van der Waals surface area contributed by atoms with E-state index in [4.69, 9.17) is 24.1 Å². The fraction of sp³-hybridized carbons (Fsp3) is 0.500. The summed E-state index contributed by atoms with van der Waals surface area (Å²) in [6.07, 6.45) is -7.59. The minimum Gasteiger partial charge on any atom is -0.493 e. The number of alkyl halides is 3. The molecule has 0 spiro atoms. The van der Waals surface area contributed by atoms with E-state index in [9.17, 15) is 18.0 Å². The average Bonchev–Trinajstić information content (AvgIpc) is 2.48. The molecule has 0 aliphatic rings. The van der Waals surface area contributed by atoms with E-state index in [0.717, 1.165) is 12.1 Å². The van der Waals surface area contributed by atoms with Crippen LogP contribution in [0.2, 0.25) is 0 Å². The molecule has 0 aliphatic carbocycles. The minimum absolute atomic E-state index is 0.0398. The highest BCUT2D eigenvalue weighted by atomic mass is 19.4. The molecule has 0 radical (unpaired) electrons. The second-order valence-corrected chi connectivity index (χ2v) is 4.39. The first kappa shape index (κ1) is 18.9. The Balaban J connectivity index is 3.22. The molecule has 6 nitrogen and oxygen atoms in total. The summed E-state index contributed by atoms with van der Waals surface area (Å²) in [7, 11) is 3.87. The summed E-state index contributed by atoms with van der Waals surface area (Å²) in [5.74, 6) is -1.03. The zero-order valence-corrected chi connectivity index (χ0v) is 12.8. The first-order valence-corrected chi connectivity index (χ1v) is 6.44. The monoisotopic (exact) mass is 338 g/mol. The second kappa shape index (κ2) is 7.91. The van der Waals surface area contributed by atoms with E-state index >= 15 is 0 Å². The third-order valence-electron chi connectivity index (χ3n) is 2.89. The minimum atomic E-state index is -4.73. The number of benzene rings is 1. The van der Waals surface area contributed by atoms with E-state index in [1.807, 2.05) is 0 Å². The summed E-state index contributed by atoms with van der Waals surface area (Å²) < 4.78 is 59.4. The Labute approximate surface area is 130 Å². The number of hydrogen-bond donors (Lipinski definition) is 1. The van der Waals surface area contributed by atoms with E-state index in [1.54, 1.807) is 0 Å². The van der Waals surface area contributed by atoms with Crippen LogP contribution >= 0.6 is 0 Å². The van der Waals surface area contributed by atoms with Crippen molar-refractivity contribution >= 4 is 5.97 Å². The molecule has 0 aliphatic heterocycles. The lowest BCUT2D eigenvalue weighted by atomic mass is 10.1. The molecule has 1 aromatic carbocycles. The van der Waals surface area contributed by atoms with Crippen LogP contribution in [0.1, 0.15) is 18.1 Å². The number of carboxylic acids is 1. The standard InChI is InChI=1S/C14H17F3O6/c1-20-9-6-8(7-10(21-2)12(9)22-3)13(14(15,16)17)23-5-4-11(18)19/h6-7,13H,4-5H2,1-3H3,(H,18,19)/t13-/m1/s1. The highest BCUT2D eigenvalue weighted by Gasteiger charge is 2.42. The van der Waals surface area contributed by atoms with Crippen LogP contribution in [0.25, 0.3) is 0 Å². The van der Waals surface area contributed by atoms with Gasteiger partial charge in [-0.2, -0.15) is 13.2 Å². The van der Waals surface area contributed by atoms with Crippen molar-refractivity contribution in [1.29, 1.82) is 0 Å². The molecule has 130 valence electrons. The van der Waals surface area contributed by atoms with Gasteiger partial charge in [-0.25, -0.2) is 0 Å². The topological polar surface area (TPSA) is 74.2 Å². The molecule has 0 saturated heterocycles. The first-order chi connectivity index (χ1) is 10.7. The lowest BCUT2D eigenvalue weighted by Gasteiger charge is -2.23. The van der Waals surface area contributed by atoms with Crippen molar-refractivity contribution < 1.29 is 42.0 Å². The van der Waals surface area contributed by atoms with Crippen molar-refractivity contribution in [3.8, 4) is 17.2 Å². The molecule has 0 bridgehead atoms. The molecule has 1 rings (SSSR count). The van der Waals surface area contributed by atoms with Crippen molar-refractivity contribution in [3.05, 3.63) is 17.7 Å². The van der Waals surface area contributed by atoms with Gasteiger partial charge in [0, 0.05) is 0 Å². The van der Waals surface area contributed by atoms with Gasteiger partial charge in [0.25, 0.3) is 0 Å². The van der Waals surface area contributed by atoms with Crippen molar-refractivity contribution in [2.45, 2.75) is 18.7 Å². The van der Waals surface area contributed by atoms with Crippen molar-refractivity contribution in [2.75, 3.05) is 27.9 Å². The van der Waals surface area contributed by atoms with Crippen molar-refractivity contribution in [3.63, 3.8) is 0 Å². The zero-order valence-electron chi connectivity index (χ0n) is 12.8. The molecule has 1 aromatic rings. The van der Waals surface area contributed by atoms with Crippen LogP contribution in [0.3, 0.4) is 0 Å². The number of rotatable bonds is 8. The fourth-order valence-electron chi connectivity index (χ4n) is 1.90. The quantitative estimate of drug-likeness (QED) is 0.786. The van der Waals surface area contributed by atoms with Gasteiger partial charge in [0.15, 0.2) is 17.6 Å². The van der Waals surface area contributed by atoms with Gasteiger partial charge in [0.2, 0.25) is 5.75 Å². The smallest absolute Gasteiger partial charge is 0.418 e. The summed E-state index contributed by atoms with van der Waals surface area (Å²) >= 11 is 0. The highest BCUT2D eigenvalue weighted by Crippen LogP contribution is 2.44. The molecule has 0 heterocycles. The third-order valence-corrected chi connectivity index (χ3v) is 2.89. The SMILES string of the molecule is COc1cc([C@@H](OCCC(=O)O)C(F)(F)F)cc(OC)c1OC. The number of hydrogen-bond acceptors (Lipinski definition) is 5. The molecule has 0 aromatic heterocycles. The Morgan fingerprint density at radius 3 is 2.00 bits per heavy atom. The van der Waals surface area contributed by atoms with Gasteiger partial charge in [-0.3, -0.25) is 4.79 Å². The zero-order chi connectivity index (χ0) is 17.6. The van der Waals surface area contributed by atoms with E-state index in [2.05, 4.69) is 0 Å². The maximum atomic E-state index is 13.2. The van der Waals surface area contributed by atoms with Gasteiger partial charge in [-0.1, -0.05) is 0 Å². The van der Waals surface area contributed by atoms with Crippen LogP contribution in [0.5, 0.6) is 17.2 Å². The van der Waals surface area contributed by atoms with Crippen molar-refractivity contribution in [2.24, 2.45) is 0 Å². The van der Waals surface area contributed by atoms with Gasteiger partial charge in [0.1, 0.15) is 0 Å². The van der Waals surface area contributed by atoms with E-state index in [0.29, 0.717) is 0 Å². The number of aliphatic carboxylic acids is 1. The number of methoxy groups -OCH3 is 3. The molecule has 1 atom stereocenters. The number of ether oxygens (including phenoxy) is 4. The Morgan fingerprint density at radius 1 is 1.13 bits per heavy atom. The van der Waals surface area contributed by atoms with Crippen LogP contribution in [0.4, 0.5) is 13.2 Å². The summed E-state index contributed by atoms with van der Waals surface area (Å²) in [5.41, 5.74) is -0.280. The Kier molecular flexibility index (Phi) is 6.49. The normalized spacial score (nSPS) is 12.6. The van der Waals surface area contributed by atoms with E-state index < -0.39 is 31.3 Å². The number of halogens is 3. The largest absolute Gasteiger partial charge is 0.493 e. The Morgan fingerprint density at radius 2 is 1.65 bits per heavy atom. The Hall–Kier alpha value is -2.16.